The Kier molecular flexibility index (Phi) is 39.5. The van der Waals surface area contributed by atoms with Gasteiger partial charge in [-0.1, -0.05) is 148 Å². The number of carbonyl (C=O) groups excluding carboxylic acids is 2. The Hall–Kier alpha value is -3.56. The highest BCUT2D eigenvalue weighted by Gasteiger charge is 2.28. The predicted molar refractivity (Wildman–Crippen MR) is 255 cm³/mol. The van der Waals surface area contributed by atoms with Gasteiger partial charge in [-0.3, -0.25) is 23.2 Å². The number of ether oxygens (including phenoxy) is 2. The maximum Gasteiger partial charge on any atom is 0.472 e. The van der Waals surface area contributed by atoms with Gasteiger partial charge < -0.3 is 39.5 Å². The smallest absolute Gasteiger partial charge is 0.462 e. The zero-order valence-electron chi connectivity index (χ0n) is 38.3. The van der Waals surface area contributed by atoms with E-state index in [0.29, 0.717) is 32.1 Å². The molecule has 0 rings (SSSR count). The molecule has 0 aromatic rings. The van der Waals surface area contributed by atoms with Gasteiger partial charge in [0.1, 0.15) is 12.7 Å². The Morgan fingerprint density at radius 2 is 1.06 bits per heavy atom. The lowest BCUT2D eigenvalue weighted by Crippen LogP contribution is -2.30. The third-order valence-electron chi connectivity index (χ3n) is 8.51. The summed E-state index contributed by atoms with van der Waals surface area (Å²) in [5, 5.41) is 29.8. The van der Waals surface area contributed by atoms with Crippen molar-refractivity contribution >= 4 is 27.6 Å². The highest BCUT2D eigenvalue weighted by Crippen LogP contribution is 2.43. The van der Waals surface area contributed by atoms with Crippen LogP contribution >= 0.6 is 15.6 Å². The Labute approximate surface area is 387 Å². The van der Waals surface area contributed by atoms with Crippen LogP contribution in [0.25, 0.3) is 0 Å². The van der Waals surface area contributed by atoms with E-state index in [-0.39, 0.29) is 12.8 Å². The van der Waals surface area contributed by atoms with Crippen molar-refractivity contribution in [2.45, 2.75) is 141 Å². The first-order valence-corrected chi connectivity index (χ1v) is 25.5. The standard InChI is InChI=1S/C48H76O15P2/c1-3-5-7-8-9-10-11-12-13-14-15-16-17-18-22-25-31-38-48(53)63-46(42-62-65(57,58)61-40-45(51)39-60-64(54,55)56)41-59-47(52)37-32-26-30-36-44(50)35-29-24-21-19-20-23-28-34-43(49)33-27-6-4-2/h5-7,9-10,12-13,15-16,20-21,23-24,27-30,34-36,43-46,49-51H,3-4,8,11,14,17-19,22,25-26,31-33,37-42H2,1-2H3,(H,57,58)(H2,54,55,56)/b7-5-,10-9-,13-12-,16-15-,23-20-,24-21-,27-6-,34-28+,35-29+,36-30-/t43-,44-,45+,46-/m1/s1. The summed E-state index contributed by atoms with van der Waals surface area (Å²) in [6.07, 6.45) is 45.5. The molecule has 6 N–H and O–H groups in total. The van der Waals surface area contributed by atoms with Crippen LogP contribution in [-0.4, -0.2) is 92.8 Å². The van der Waals surface area contributed by atoms with E-state index in [2.05, 4.69) is 64.6 Å². The Morgan fingerprint density at radius 1 is 0.523 bits per heavy atom. The van der Waals surface area contributed by atoms with Crippen molar-refractivity contribution in [1.82, 2.24) is 0 Å². The molecule has 0 fully saturated rings. The summed E-state index contributed by atoms with van der Waals surface area (Å²) in [5.41, 5.74) is 0. The first kappa shape index (κ1) is 61.4. The highest BCUT2D eigenvalue weighted by atomic mass is 31.2. The van der Waals surface area contributed by atoms with Crippen molar-refractivity contribution in [3.05, 3.63) is 122 Å². The SMILES string of the molecule is CC/C=C\C/C=C\C/C=C\C/C=C\CCCCCCC(=O)O[C@H](COC(=O)CCC/C=C\[C@H](O)/C=C/C=C\C/C=C\C=C\[C@H](O)C/C=C\CC)COP(=O)(O)OC[C@@H](O)COP(=O)(O)O. The van der Waals surface area contributed by atoms with Gasteiger partial charge in [0.2, 0.25) is 0 Å². The zero-order valence-corrected chi connectivity index (χ0v) is 40.0. The van der Waals surface area contributed by atoms with Crippen molar-refractivity contribution in [3.8, 4) is 0 Å². The predicted octanol–water partition coefficient (Wildman–Crippen LogP) is 9.61. The number of hydrogen-bond acceptors (Lipinski definition) is 12. The fourth-order valence-electron chi connectivity index (χ4n) is 5.14. The molecule has 368 valence electrons. The van der Waals surface area contributed by atoms with Crippen LogP contribution in [0.3, 0.4) is 0 Å². The van der Waals surface area contributed by atoms with E-state index < -0.39 is 78.4 Å². The Bertz CT molecular complexity index is 1640. The second kappa shape index (κ2) is 41.8. The van der Waals surface area contributed by atoms with Crippen LogP contribution in [0, 0.1) is 0 Å². The summed E-state index contributed by atoms with van der Waals surface area (Å²) in [6, 6.07) is 0. The molecule has 15 nitrogen and oxygen atoms in total. The van der Waals surface area contributed by atoms with Crippen LogP contribution in [0.2, 0.25) is 0 Å². The number of esters is 2. The molecule has 0 spiro atoms. The lowest BCUT2D eigenvalue weighted by atomic mass is 10.1. The van der Waals surface area contributed by atoms with Gasteiger partial charge in [-0.2, -0.15) is 0 Å². The minimum absolute atomic E-state index is 0.00477. The first-order valence-electron chi connectivity index (χ1n) is 22.5. The number of phosphoric ester groups is 2. The number of phosphoric acid groups is 2. The normalized spacial score (nSPS) is 16.0. The molecule has 65 heavy (non-hydrogen) atoms. The molecule has 0 aliphatic heterocycles. The lowest BCUT2D eigenvalue weighted by Gasteiger charge is -2.20. The second-order valence-electron chi connectivity index (χ2n) is 14.6. The number of unbranched alkanes of at least 4 members (excludes halogenated alkanes) is 5. The molecule has 0 saturated carbocycles. The van der Waals surface area contributed by atoms with Crippen molar-refractivity contribution < 1.29 is 71.8 Å². The monoisotopic (exact) mass is 954 g/mol. The van der Waals surface area contributed by atoms with Crippen LogP contribution in [0.4, 0.5) is 0 Å². The largest absolute Gasteiger partial charge is 0.472 e. The van der Waals surface area contributed by atoms with Gasteiger partial charge in [0.05, 0.1) is 32.0 Å². The molecule has 0 aromatic carbocycles. The third kappa shape index (κ3) is 45.4. The van der Waals surface area contributed by atoms with Crippen LogP contribution in [0.5, 0.6) is 0 Å². The van der Waals surface area contributed by atoms with Crippen LogP contribution < -0.4 is 0 Å². The van der Waals surface area contributed by atoms with Crippen LogP contribution in [0.1, 0.15) is 117 Å². The quantitative estimate of drug-likeness (QED) is 0.0110. The van der Waals surface area contributed by atoms with E-state index in [9.17, 15) is 38.9 Å². The molecular weight excluding hydrogens is 878 g/mol. The molecule has 17 heteroatoms. The molecule has 0 aliphatic carbocycles. The third-order valence-corrected chi connectivity index (χ3v) is 9.95. The summed E-state index contributed by atoms with van der Waals surface area (Å²) >= 11 is 0. The average molecular weight is 955 g/mol. The summed E-state index contributed by atoms with van der Waals surface area (Å²) in [6.45, 7) is 1.19. The molecule has 0 saturated heterocycles. The van der Waals surface area contributed by atoms with Gasteiger partial charge >= 0.3 is 27.6 Å². The van der Waals surface area contributed by atoms with E-state index >= 15 is 0 Å². The van der Waals surface area contributed by atoms with Gasteiger partial charge in [-0.25, -0.2) is 9.13 Å². The summed E-state index contributed by atoms with van der Waals surface area (Å²) in [5.74, 6) is -1.26. The van der Waals surface area contributed by atoms with Crippen molar-refractivity contribution in [1.29, 1.82) is 0 Å². The number of aliphatic hydroxyl groups is 3. The maximum atomic E-state index is 12.7. The first-order chi connectivity index (χ1) is 31.2. The molecular formula is C48H76O15P2. The van der Waals surface area contributed by atoms with Gasteiger partial charge in [0, 0.05) is 12.8 Å². The maximum absolute atomic E-state index is 12.7. The van der Waals surface area contributed by atoms with E-state index in [4.69, 9.17) is 23.8 Å². The fraction of sp³-hybridized carbons (Fsp3) is 0.542. The van der Waals surface area contributed by atoms with Crippen molar-refractivity contribution in [2.24, 2.45) is 0 Å². The molecule has 1 unspecified atom stereocenters. The highest BCUT2D eigenvalue weighted by molar-refractivity contribution is 7.47. The summed E-state index contributed by atoms with van der Waals surface area (Å²) in [4.78, 5) is 52.8. The molecule has 0 amide bonds. The molecule has 0 radical (unpaired) electrons. The van der Waals surface area contributed by atoms with Gasteiger partial charge in [-0.05, 0) is 77.0 Å². The van der Waals surface area contributed by atoms with Crippen LogP contribution in [-0.2, 0) is 41.8 Å². The average Bonchev–Trinajstić information content (AvgIpc) is 3.26. The van der Waals surface area contributed by atoms with Gasteiger partial charge in [-0.15, -0.1) is 0 Å². The van der Waals surface area contributed by atoms with E-state index in [1.54, 1.807) is 36.5 Å². The Balaban J connectivity index is 4.80. The van der Waals surface area contributed by atoms with Gasteiger partial charge in [0.15, 0.2) is 6.10 Å². The Morgan fingerprint density at radius 3 is 1.72 bits per heavy atom. The van der Waals surface area contributed by atoms with Crippen molar-refractivity contribution in [2.75, 3.05) is 26.4 Å². The number of rotatable bonds is 40. The van der Waals surface area contributed by atoms with Crippen molar-refractivity contribution in [3.63, 3.8) is 0 Å². The zero-order chi connectivity index (χ0) is 48.3. The van der Waals surface area contributed by atoms with Crippen LogP contribution in [0.15, 0.2) is 122 Å². The number of carbonyl (C=O) groups is 2. The molecule has 0 aromatic heterocycles. The molecule has 0 heterocycles. The summed E-state index contributed by atoms with van der Waals surface area (Å²) < 4.78 is 47.6. The van der Waals surface area contributed by atoms with E-state index in [0.717, 1.165) is 57.8 Å². The van der Waals surface area contributed by atoms with Gasteiger partial charge in [0.25, 0.3) is 0 Å². The fourth-order valence-corrected chi connectivity index (χ4v) is 6.29. The number of aliphatic hydroxyl groups excluding tert-OH is 3. The topological polar surface area (TPSA) is 236 Å². The van der Waals surface area contributed by atoms with E-state index in [1.165, 1.54) is 0 Å². The number of allylic oxidation sites excluding steroid dienone is 16. The molecule has 0 aliphatic rings. The minimum atomic E-state index is -4.90. The summed E-state index contributed by atoms with van der Waals surface area (Å²) in [7, 11) is -9.77. The molecule has 5 atom stereocenters. The number of hydrogen-bond donors (Lipinski definition) is 6. The second-order valence-corrected chi connectivity index (χ2v) is 17.3. The van der Waals surface area contributed by atoms with E-state index in [1.807, 2.05) is 43.4 Å². The molecule has 0 bridgehead atoms. The minimum Gasteiger partial charge on any atom is -0.462 e. The lowest BCUT2D eigenvalue weighted by molar-refractivity contribution is -0.161.